The van der Waals surface area contributed by atoms with Gasteiger partial charge in [-0.15, -0.1) is 24.0 Å². The summed E-state index contributed by atoms with van der Waals surface area (Å²) in [4.78, 5) is 8.58. The normalized spacial score (nSPS) is 15.5. The van der Waals surface area contributed by atoms with Crippen LogP contribution >= 0.6 is 24.0 Å². The molecule has 0 spiro atoms. The summed E-state index contributed by atoms with van der Waals surface area (Å²) in [5.41, 5.74) is 1.11. The first-order chi connectivity index (χ1) is 10.2. The van der Waals surface area contributed by atoms with E-state index >= 15 is 0 Å². The summed E-state index contributed by atoms with van der Waals surface area (Å²) in [6, 6.07) is 4.50. The molecule has 2 rings (SSSR count). The van der Waals surface area contributed by atoms with Gasteiger partial charge in [0, 0.05) is 31.9 Å². The number of guanidine groups is 1. The van der Waals surface area contributed by atoms with Gasteiger partial charge < -0.3 is 15.4 Å². The fraction of sp³-hybridized carbons (Fsp3) is 0.625. The summed E-state index contributed by atoms with van der Waals surface area (Å²) in [6.07, 6.45) is 7.10. The number of ether oxygens (including phenoxy) is 1. The van der Waals surface area contributed by atoms with Crippen LogP contribution in [0.15, 0.2) is 23.3 Å². The van der Waals surface area contributed by atoms with Crippen molar-refractivity contribution < 1.29 is 4.74 Å². The molecule has 0 unspecified atom stereocenters. The smallest absolute Gasteiger partial charge is 0.213 e. The van der Waals surface area contributed by atoms with Gasteiger partial charge in [-0.25, -0.2) is 4.98 Å². The van der Waals surface area contributed by atoms with Crippen molar-refractivity contribution in [3.05, 3.63) is 23.9 Å². The van der Waals surface area contributed by atoms with E-state index in [2.05, 4.69) is 20.6 Å². The van der Waals surface area contributed by atoms with Gasteiger partial charge in [-0.3, -0.25) is 4.99 Å². The lowest BCUT2D eigenvalue weighted by Gasteiger charge is -2.17. The van der Waals surface area contributed by atoms with Crippen LogP contribution in [0.25, 0.3) is 0 Å². The van der Waals surface area contributed by atoms with Crippen LogP contribution in [0.1, 0.15) is 45.1 Å². The van der Waals surface area contributed by atoms with Crippen molar-refractivity contribution in [3.63, 3.8) is 0 Å². The fourth-order valence-electron chi connectivity index (χ4n) is 2.47. The number of hydrogen-bond donors (Lipinski definition) is 2. The van der Waals surface area contributed by atoms with Crippen molar-refractivity contribution in [2.45, 2.75) is 58.2 Å². The third kappa shape index (κ3) is 6.37. The maximum atomic E-state index is 5.54. The van der Waals surface area contributed by atoms with Crippen LogP contribution in [0.4, 0.5) is 0 Å². The quantitative estimate of drug-likeness (QED) is 0.439. The van der Waals surface area contributed by atoms with Crippen LogP contribution in [-0.4, -0.2) is 30.1 Å². The summed E-state index contributed by atoms with van der Waals surface area (Å²) in [6.45, 7) is 4.70. The Balaban J connectivity index is 0.00000242. The van der Waals surface area contributed by atoms with Crippen LogP contribution in [0.2, 0.25) is 0 Å². The van der Waals surface area contributed by atoms with E-state index in [-0.39, 0.29) is 30.1 Å². The minimum atomic E-state index is 0. The molecule has 1 aliphatic rings. The molecule has 1 heterocycles. The number of pyridine rings is 1. The highest BCUT2D eigenvalue weighted by molar-refractivity contribution is 14.0. The molecule has 0 saturated heterocycles. The van der Waals surface area contributed by atoms with Crippen molar-refractivity contribution >= 4 is 29.9 Å². The molecule has 0 atom stereocenters. The molecule has 0 aliphatic heterocycles. The highest BCUT2D eigenvalue weighted by Crippen LogP contribution is 2.17. The van der Waals surface area contributed by atoms with E-state index in [1.165, 1.54) is 25.7 Å². The Labute approximate surface area is 150 Å². The number of nitrogens with one attached hydrogen (secondary N) is 2. The highest BCUT2D eigenvalue weighted by atomic mass is 127. The van der Waals surface area contributed by atoms with Gasteiger partial charge in [0.2, 0.25) is 5.88 Å². The first-order valence-electron chi connectivity index (χ1n) is 7.76. The monoisotopic (exact) mass is 418 g/mol. The maximum absolute atomic E-state index is 5.54. The fourth-order valence-corrected chi connectivity index (χ4v) is 2.47. The number of aromatic nitrogens is 1. The molecular weight excluding hydrogens is 391 g/mol. The zero-order chi connectivity index (χ0) is 15.1. The van der Waals surface area contributed by atoms with Crippen molar-refractivity contribution in [2.75, 3.05) is 7.05 Å². The van der Waals surface area contributed by atoms with Crippen molar-refractivity contribution in [3.8, 4) is 5.88 Å². The predicted octanol–water partition coefficient (Wildman–Crippen LogP) is 3.09. The molecule has 0 radical (unpaired) electrons. The first-order valence-corrected chi connectivity index (χ1v) is 7.76. The van der Waals surface area contributed by atoms with Gasteiger partial charge in [-0.2, -0.15) is 0 Å². The SMILES string of the molecule is CN=C(NCc1ccc(OC(C)C)nc1)NC1CCCC1.I. The zero-order valence-electron chi connectivity index (χ0n) is 13.6. The molecule has 124 valence electrons. The third-order valence-corrected chi connectivity index (χ3v) is 3.53. The van der Waals surface area contributed by atoms with Crippen LogP contribution in [0, 0.1) is 0 Å². The van der Waals surface area contributed by atoms with Gasteiger partial charge in [0.25, 0.3) is 0 Å². The van der Waals surface area contributed by atoms with E-state index in [9.17, 15) is 0 Å². The standard InChI is InChI=1S/C16H26N4O.HI/c1-12(2)21-15-9-8-13(10-18-15)11-19-16(17-3)20-14-6-4-5-7-14;/h8-10,12,14H,4-7,11H2,1-3H3,(H2,17,19,20);1H. The number of halogens is 1. The van der Waals surface area contributed by atoms with E-state index in [0.717, 1.165) is 11.5 Å². The molecule has 1 fully saturated rings. The molecule has 2 N–H and O–H groups in total. The Bertz CT molecular complexity index is 456. The molecular formula is C16H27IN4O. The number of nitrogens with zero attached hydrogens (tertiary/aromatic N) is 2. The number of rotatable bonds is 5. The molecule has 1 aliphatic carbocycles. The van der Waals surface area contributed by atoms with Crippen LogP contribution < -0.4 is 15.4 Å². The maximum Gasteiger partial charge on any atom is 0.213 e. The van der Waals surface area contributed by atoms with Gasteiger partial charge in [0.1, 0.15) is 0 Å². The highest BCUT2D eigenvalue weighted by Gasteiger charge is 2.15. The van der Waals surface area contributed by atoms with Gasteiger partial charge in [0.05, 0.1) is 6.10 Å². The Hall–Kier alpha value is -1.05. The predicted molar refractivity (Wildman–Crippen MR) is 101 cm³/mol. The summed E-state index contributed by atoms with van der Waals surface area (Å²) in [5.74, 6) is 1.53. The first kappa shape index (κ1) is 19.0. The molecule has 1 saturated carbocycles. The Morgan fingerprint density at radius 1 is 1.36 bits per heavy atom. The second-order valence-corrected chi connectivity index (χ2v) is 5.72. The lowest BCUT2D eigenvalue weighted by atomic mass is 10.2. The van der Waals surface area contributed by atoms with Gasteiger partial charge >= 0.3 is 0 Å². The summed E-state index contributed by atoms with van der Waals surface area (Å²) in [5, 5.41) is 6.80. The number of hydrogen-bond acceptors (Lipinski definition) is 3. The van der Waals surface area contributed by atoms with E-state index in [1.54, 1.807) is 0 Å². The second-order valence-electron chi connectivity index (χ2n) is 5.72. The Morgan fingerprint density at radius 2 is 2.09 bits per heavy atom. The van der Waals surface area contributed by atoms with Gasteiger partial charge in [-0.1, -0.05) is 18.9 Å². The molecule has 6 heteroatoms. The van der Waals surface area contributed by atoms with E-state index in [4.69, 9.17) is 4.74 Å². The average molecular weight is 418 g/mol. The zero-order valence-corrected chi connectivity index (χ0v) is 16.0. The molecule has 1 aromatic rings. The average Bonchev–Trinajstić information content (AvgIpc) is 2.97. The minimum Gasteiger partial charge on any atom is -0.475 e. The van der Waals surface area contributed by atoms with Crippen LogP contribution in [-0.2, 0) is 6.54 Å². The lowest BCUT2D eigenvalue weighted by Crippen LogP contribution is -2.41. The van der Waals surface area contributed by atoms with E-state index in [1.807, 2.05) is 39.2 Å². The van der Waals surface area contributed by atoms with Gasteiger partial charge in [0.15, 0.2) is 5.96 Å². The topological polar surface area (TPSA) is 58.5 Å². The van der Waals surface area contributed by atoms with E-state index in [0.29, 0.717) is 18.5 Å². The summed E-state index contributed by atoms with van der Waals surface area (Å²) in [7, 11) is 1.81. The van der Waals surface area contributed by atoms with Gasteiger partial charge in [-0.05, 0) is 32.3 Å². The van der Waals surface area contributed by atoms with Crippen LogP contribution in [0.5, 0.6) is 5.88 Å². The molecule has 22 heavy (non-hydrogen) atoms. The van der Waals surface area contributed by atoms with Crippen LogP contribution in [0.3, 0.4) is 0 Å². The molecule has 1 aromatic heterocycles. The molecule has 0 bridgehead atoms. The lowest BCUT2D eigenvalue weighted by molar-refractivity contribution is 0.232. The largest absolute Gasteiger partial charge is 0.475 e. The van der Waals surface area contributed by atoms with Crippen molar-refractivity contribution in [2.24, 2.45) is 4.99 Å². The minimum absolute atomic E-state index is 0. The summed E-state index contributed by atoms with van der Waals surface area (Å²) >= 11 is 0. The summed E-state index contributed by atoms with van der Waals surface area (Å²) < 4.78 is 5.54. The van der Waals surface area contributed by atoms with Crippen molar-refractivity contribution in [1.29, 1.82) is 0 Å². The Kier molecular flexibility index (Phi) is 8.52. The Morgan fingerprint density at radius 3 is 2.64 bits per heavy atom. The van der Waals surface area contributed by atoms with Crippen molar-refractivity contribution in [1.82, 2.24) is 15.6 Å². The second kappa shape index (κ2) is 9.86. The third-order valence-electron chi connectivity index (χ3n) is 3.53. The molecule has 5 nitrogen and oxygen atoms in total. The molecule has 0 amide bonds. The number of aliphatic imine (C=N–C) groups is 1. The molecule has 0 aromatic carbocycles. The van der Waals surface area contributed by atoms with E-state index < -0.39 is 0 Å².